The van der Waals surface area contributed by atoms with Gasteiger partial charge in [0.05, 0.1) is 16.6 Å². The molecule has 0 saturated carbocycles. The number of aliphatic hydroxyl groups is 3. The average Bonchev–Trinajstić information content (AvgIpc) is 3.33. The quantitative estimate of drug-likeness (QED) is 0.452. The number of aliphatic hydroxyl groups excluding tert-OH is 2. The van der Waals surface area contributed by atoms with Gasteiger partial charge in [0.15, 0.2) is 9.92 Å². The molecule has 0 radical (unpaired) electrons. The summed E-state index contributed by atoms with van der Waals surface area (Å²) >= 11 is 1.00. The zero-order valence-corrected chi connectivity index (χ0v) is 18.0. The van der Waals surface area contributed by atoms with Crippen molar-refractivity contribution in [2.24, 2.45) is 9.50 Å². The van der Waals surface area contributed by atoms with Crippen molar-refractivity contribution in [3.05, 3.63) is 39.4 Å². The third-order valence-corrected chi connectivity index (χ3v) is 8.60. The van der Waals surface area contributed by atoms with Gasteiger partial charge in [-0.15, -0.1) is 11.3 Å². The fraction of sp³-hybridized carbons (Fsp3) is 0.526. The largest absolute Gasteiger partial charge is 0.388 e. The predicted molar refractivity (Wildman–Crippen MR) is 112 cm³/mol. The van der Waals surface area contributed by atoms with Crippen LogP contribution in [0.5, 0.6) is 0 Å². The van der Waals surface area contributed by atoms with Crippen molar-refractivity contribution in [3.8, 4) is 0 Å². The summed E-state index contributed by atoms with van der Waals surface area (Å²) in [6.07, 6.45) is 3.56. The van der Waals surface area contributed by atoms with E-state index in [0.29, 0.717) is 17.0 Å². The Balaban J connectivity index is 1.66. The van der Waals surface area contributed by atoms with Gasteiger partial charge < -0.3 is 20.6 Å². The lowest BCUT2D eigenvalue weighted by molar-refractivity contribution is 0.0823. The Kier molecular flexibility index (Phi) is 5.21. The Morgan fingerprint density at radius 3 is 2.83 bits per heavy atom. The highest BCUT2D eigenvalue weighted by Gasteiger charge is 2.30. The predicted octanol–water partition coefficient (Wildman–Crippen LogP) is 1.93. The molecular weight excluding hydrogens is 412 g/mol. The van der Waals surface area contributed by atoms with E-state index >= 15 is 0 Å². The maximum atomic E-state index is 12.9. The summed E-state index contributed by atoms with van der Waals surface area (Å²) in [4.78, 5) is 4.53. The van der Waals surface area contributed by atoms with Crippen molar-refractivity contribution in [1.29, 1.82) is 0 Å². The molecular formula is C19H26N4O4S2. The third kappa shape index (κ3) is 3.92. The number of benzene rings is 1. The number of thiazole rings is 1. The summed E-state index contributed by atoms with van der Waals surface area (Å²) in [6, 6.07) is 2.16. The van der Waals surface area contributed by atoms with Gasteiger partial charge in [0, 0.05) is 17.4 Å². The lowest BCUT2D eigenvalue weighted by Crippen LogP contribution is -2.24. The monoisotopic (exact) mass is 438 g/mol. The molecule has 0 aliphatic heterocycles. The molecule has 29 heavy (non-hydrogen) atoms. The van der Waals surface area contributed by atoms with Crippen LogP contribution in [0, 0.1) is 0 Å². The van der Waals surface area contributed by atoms with Gasteiger partial charge in [0.2, 0.25) is 10.7 Å². The number of hydrogen-bond acceptors (Lipinski definition) is 8. The second-order valence-electron chi connectivity index (χ2n) is 8.11. The van der Waals surface area contributed by atoms with E-state index in [1.165, 1.54) is 11.8 Å². The summed E-state index contributed by atoms with van der Waals surface area (Å²) in [6.45, 7) is 3.19. The van der Waals surface area contributed by atoms with Crippen LogP contribution in [-0.4, -0.2) is 30.9 Å². The molecule has 1 aromatic heterocycles. The van der Waals surface area contributed by atoms with Crippen molar-refractivity contribution in [1.82, 2.24) is 4.98 Å². The number of aryl methyl sites for hydroxylation is 2. The Labute approximate surface area is 174 Å². The van der Waals surface area contributed by atoms with E-state index in [4.69, 9.17) is 5.14 Å². The van der Waals surface area contributed by atoms with Gasteiger partial charge in [-0.05, 0) is 62.6 Å². The van der Waals surface area contributed by atoms with Gasteiger partial charge in [0.1, 0.15) is 0 Å². The average molecular weight is 439 g/mol. The van der Waals surface area contributed by atoms with Crippen LogP contribution in [0.25, 0.3) is 0 Å². The minimum atomic E-state index is -3.46. The Bertz CT molecular complexity index is 1070. The number of fused-ring (bicyclic) bond motifs is 2. The molecule has 0 fully saturated rings. The smallest absolute Gasteiger partial charge is 0.233 e. The maximum Gasteiger partial charge on any atom is 0.233 e. The van der Waals surface area contributed by atoms with E-state index in [2.05, 4.69) is 20.7 Å². The maximum absolute atomic E-state index is 12.9. The van der Waals surface area contributed by atoms with E-state index in [-0.39, 0.29) is 4.34 Å². The molecule has 1 heterocycles. The summed E-state index contributed by atoms with van der Waals surface area (Å²) in [5.74, 6) is 0. The molecule has 2 aliphatic rings. The van der Waals surface area contributed by atoms with E-state index in [1.54, 1.807) is 13.8 Å². The first-order chi connectivity index (χ1) is 13.6. The lowest BCUT2D eigenvalue weighted by Gasteiger charge is -2.20. The molecule has 8 nitrogen and oxygen atoms in total. The van der Waals surface area contributed by atoms with Crippen LogP contribution < -0.4 is 10.5 Å². The van der Waals surface area contributed by atoms with E-state index in [0.717, 1.165) is 53.7 Å². The molecule has 158 valence electrons. The summed E-state index contributed by atoms with van der Waals surface area (Å²) in [5, 5.41) is 39.8. The van der Waals surface area contributed by atoms with Crippen LogP contribution in [0.3, 0.4) is 0 Å². The topological polar surface area (TPSA) is 141 Å². The first-order valence-electron chi connectivity index (χ1n) is 9.59. The molecule has 3 atom stereocenters. The number of nitrogens with zero attached hydrogens (tertiary/aromatic N) is 2. The number of aromatic nitrogens is 1. The molecule has 4 rings (SSSR count). The van der Waals surface area contributed by atoms with Gasteiger partial charge in [-0.1, -0.05) is 6.07 Å². The minimum absolute atomic E-state index is 0.0408. The Morgan fingerprint density at radius 2 is 2.14 bits per heavy atom. The van der Waals surface area contributed by atoms with Gasteiger partial charge in [0.25, 0.3) is 0 Å². The van der Waals surface area contributed by atoms with Gasteiger partial charge >= 0.3 is 0 Å². The molecule has 0 spiro atoms. The van der Waals surface area contributed by atoms with Crippen LogP contribution >= 0.6 is 11.3 Å². The Morgan fingerprint density at radius 1 is 1.38 bits per heavy atom. The van der Waals surface area contributed by atoms with Gasteiger partial charge in [-0.3, -0.25) is 0 Å². The van der Waals surface area contributed by atoms with Crippen molar-refractivity contribution < 1.29 is 19.5 Å². The zero-order chi connectivity index (χ0) is 21.0. The molecule has 0 saturated heterocycles. The van der Waals surface area contributed by atoms with Crippen LogP contribution in [0.4, 0.5) is 5.69 Å². The zero-order valence-electron chi connectivity index (χ0n) is 16.4. The molecule has 6 N–H and O–H groups in total. The van der Waals surface area contributed by atoms with Crippen LogP contribution in [0.15, 0.2) is 21.0 Å². The lowest BCUT2D eigenvalue weighted by atomic mass is 9.98. The third-order valence-electron chi connectivity index (χ3n) is 5.41. The number of hydrogen-bond donors (Lipinski definition) is 5. The van der Waals surface area contributed by atoms with Crippen LogP contribution in [0.1, 0.15) is 59.9 Å². The second-order valence-corrected chi connectivity index (χ2v) is 11.1. The van der Waals surface area contributed by atoms with Crippen LogP contribution in [0.2, 0.25) is 0 Å². The van der Waals surface area contributed by atoms with E-state index in [1.807, 2.05) is 0 Å². The standard InChI is InChI=1S/C19H26N4O4S2/c1-19(2,26)14-9-21-18(28-14)29(20,27)23-17(25)22-16-12-5-3-4-10(12)8-11-6-7-13(24)15(11)16/h8-9,13,17,22,24-26H,3-7H2,1-2H3,(H2,20,23,27)/t13?,17?,29-/m1/s1. The summed E-state index contributed by atoms with van der Waals surface area (Å²) in [7, 11) is -3.46. The normalized spacial score (nSPS) is 21.4. The fourth-order valence-corrected chi connectivity index (χ4v) is 6.21. The first kappa shape index (κ1) is 20.7. The highest BCUT2D eigenvalue weighted by molar-refractivity contribution is 7.93. The Hall–Kier alpha value is -1.56. The van der Waals surface area contributed by atoms with Crippen molar-refractivity contribution in [2.45, 2.75) is 68.3 Å². The van der Waals surface area contributed by atoms with Crippen molar-refractivity contribution >= 4 is 26.9 Å². The van der Waals surface area contributed by atoms with E-state index < -0.39 is 28.0 Å². The van der Waals surface area contributed by atoms with Gasteiger partial charge in [-0.25, -0.2) is 14.3 Å². The van der Waals surface area contributed by atoms with Crippen LogP contribution in [-0.2, 0) is 34.8 Å². The molecule has 2 unspecified atom stereocenters. The van der Waals surface area contributed by atoms with Crippen molar-refractivity contribution in [2.75, 3.05) is 5.32 Å². The minimum Gasteiger partial charge on any atom is -0.388 e. The molecule has 2 aliphatic carbocycles. The summed E-state index contributed by atoms with van der Waals surface area (Å²) in [5.41, 5.74) is 3.71. The molecule has 1 aromatic carbocycles. The fourth-order valence-electron chi connectivity index (χ4n) is 4.04. The number of rotatable bonds is 5. The number of nitrogens with two attached hydrogens (primary N) is 1. The molecule has 0 bridgehead atoms. The molecule has 2 aromatic rings. The highest BCUT2D eigenvalue weighted by atomic mass is 32.2. The number of anilines is 1. The highest BCUT2D eigenvalue weighted by Crippen LogP contribution is 2.43. The first-order valence-corrected chi connectivity index (χ1v) is 12.0. The second kappa shape index (κ2) is 7.29. The van der Waals surface area contributed by atoms with Gasteiger partial charge in [-0.2, -0.15) is 4.36 Å². The van der Waals surface area contributed by atoms with Crippen molar-refractivity contribution in [3.63, 3.8) is 0 Å². The SMILES string of the molecule is CC(C)(O)c1cnc([S@](N)(=O)=NC(O)Nc2c3c(cc4c2C(O)CC4)CCC3)s1. The molecule has 10 heteroatoms. The summed E-state index contributed by atoms with van der Waals surface area (Å²) < 4.78 is 16.8. The van der Waals surface area contributed by atoms with E-state index in [9.17, 15) is 19.5 Å². The molecule has 0 amide bonds. The number of nitrogens with one attached hydrogen (secondary N) is 1.